The smallest absolute Gasteiger partial charge is 0.307 e. The van der Waals surface area contributed by atoms with E-state index in [0.29, 0.717) is 18.8 Å². The lowest BCUT2D eigenvalue weighted by Gasteiger charge is -2.38. The van der Waals surface area contributed by atoms with Gasteiger partial charge in [0.05, 0.1) is 5.92 Å². The van der Waals surface area contributed by atoms with Crippen LogP contribution in [0.4, 0.5) is 0 Å². The van der Waals surface area contributed by atoms with E-state index in [-0.39, 0.29) is 17.6 Å². The van der Waals surface area contributed by atoms with E-state index in [0.717, 1.165) is 25.7 Å². The third-order valence-electron chi connectivity index (χ3n) is 3.72. The van der Waals surface area contributed by atoms with E-state index in [9.17, 15) is 9.59 Å². The number of fused-ring (bicyclic) bond motifs is 1. The SMILES string of the molecule is O=C1CCCC2CCC[C@@H](C(=O)O)[C@H]12. The zero-order valence-corrected chi connectivity index (χ0v) is 8.24. The standard InChI is InChI=1S/C11H16O3/c12-9-6-2-4-7-3-1-5-8(10(7)9)11(13)14/h7-8,10H,1-6H2,(H,13,14)/t7?,8-,10-/m1/s1. The van der Waals surface area contributed by atoms with Gasteiger partial charge in [0, 0.05) is 12.3 Å². The molecule has 0 amide bonds. The summed E-state index contributed by atoms with van der Waals surface area (Å²) in [6, 6.07) is 0. The number of hydrogen-bond acceptors (Lipinski definition) is 2. The number of carboxylic acid groups (broad SMARTS) is 1. The molecule has 0 aromatic heterocycles. The molecule has 1 unspecified atom stereocenters. The number of rotatable bonds is 1. The lowest BCUT2D eigenvalue weighted by atomic mass is 9.65. The fourth-order valence-corrected chi connectivity index (χ4v) is 3.08. The number of aliphatic carboxylic acids is 1. The van der Waals surface area contributed by atoms with Crippen molar-refractivity contribution in [3.63, 3.8) is 0 Å². The van der Waals surface area contributed by atoms with Gasteiger partial charge >= 0.3 is 5.97 Å². The van der Waals surface area contributed by atoms with Crippen molar-refractivity contribution in [1.29, 1.82) is 0 Å². The van der Waals surface area contributed by atoms with Crippen LogP contribution in [0.15, 0.2) is 0 Å². The van der Waals surface area contributed by atoms with Gasteiger partial charge in [0.25, 0.3) is 0 Å². The Kier molecular flexibility index (Phi) is 2.57. The molecule has 3 atom stereocenters. The fraction of sp³-hybridized carbons (Fsp3) is 0.818. The molecule has 2 aliphatic rings. The van der Waals surface area contributed by atoms with Crippen molar-refractivity contribution in [2.24, 2.45) is 17.8 Å². The van der Waals surface area contributed by atoms with Gasteiger partial charge in [-0.3, -0.25) is 9.59 Å². The van der Waals surface area contributed by atoms with Crippen molar-refractivity contribution in [2.75, 3.05) is 0 Å². The van der Waals surface area contributed by atoms with E-state index >= 15 is 0 Å². The molecule has 1 N–H and O–H groups in total. The van der Waals surface area contributed by atoms with Gasteiger partial charge in [-0.05, 0) is 31.6 Å². The Bertz CT molecular complexity index is 257. The molecule has 78 valence electrons. The highest BCUT2D eigenvalue weighted by atomic mass is 16.4. The average Bonchev–Trinajstić information content (AvgIpc) is 2.17. The van der Waals surface area contributed by atoms with Gasteiger partial charge in [0.2, 0.25) is 0 Å². The third-order valence-corrected chi connectivity index (χ3v) is 3.72. The van der Waals surface area contributed by atoms with Crippen LogP contribution in [0.25, 0.3) is 0 Å². The largest absolute Gasteiger partial charge is 0.481 e. The molecule has 3 nitrogen and oxygen atoms in total. The summed E-state index contributed by atoms with van der Waals surface area (Å²) < 4.78 is 0. The summed E-state index contributed by atoms with van der Waals surface area (Å²) in [5.41, 5.74) is 0. The number of carbonyl (C=O) groups excluding carboxylic acids is 1. The molecule has 14 heavy (non-hydrogen) atoms. The zero-order valence-electron chi connectivity index (χ0n) is 8.24. The fourth-order valence-electron chi connectivity index (χ4n) is 3.08. The van der Waals surface area contributed by atoms with E-state index < -0.39 is 5.97 Å². The minimum absolute atomic E-state index is 0.157. The minimum Gasteiger partial charge on any atom is -0.481 e. The first-order chi connectivity index (χ1) is 6.70. The summed E-state index contributed by atoms with van der Waals surface area (Å²) >= 11 is 0. The molecule has 2 saturated carbocycles. The van der Waals surface area contributed by atoms with Crippen LogP contribution in [0.5, 0.6) is 0 Å². The van der Waals surface area contributed by atoms with Gasteiger partial charge in [-0.25, -0.2) is 0 Å². The number of carboxylic acids is 1. The highest BCUT2D eigenvalue weighted by molar-refractivity contribution is 5.87. The zero-order chi connectivity index (χ0) is 10.1. The topological polar surface area (TPSA) is 54.4 Å². The first-order valence-corrected chi connectivity index (χ1v) is 5.45. The van der Waals surface area contributed by atoms with Crippen LogP contribution >= 0.6 is 0 Å². The molecule has 2 rings (SSSR count). The van der Waals surface area contributed by atoms with Crippen LogP contribution in [-0.2, 0) is 9.59 Å². The summed E-state index contributed by atoms with van der Waals surface area (Å²) in [5, 5.41) is 9.04. The van der Waals surface area contributed by atoms with Gasteiger partial charge in [-0.15, -0.1) is 0 Å². The monoisotopic (exact) mass is 196 g/mol. The van der Waals surface area contributed by atoms with Crippen molar-refractivity contribution < 1.29 is 14.7 Å². The molecule has 0 bridgehead atoms. The number of ketones is 1. The van der Waals surface area contributed by atoms with Gasteiger partial charge in [0.15, 0.2) is 0 Å². The molecular formula is C11H16O3. The Balaban J connectivity index is 2.18. The van der Waals surface area contributed by atoms with E-state index in [4.69, 9.17) is 5.11 Å². The Morgan fingerprint density at radius 1 is 1.21 bits per heavy atom. The molecule has 3 heteroatoms. The summed E-state index contributed by atoms with van der Waals surface area (Å²) in [4.78, 5) is 22.7. The Morgan fingerprint density at radius 3 is 2.64 bits per heavy atom. The molecule has 2 aliphatic carbocycles. The van der Waals surface area contributed by atoms with Crippen molar-refractivity contribution >= 4 is 11.8 Å². The van der Waals surface area contributed by atoms with Crippen molar-refractivity contribution in [3.05, 3.63) is 0 Å². The van der Waals surface area contributed by atoms with Crippen LogP contribution < -0.4 is 0 Å². The second kappa shape index (κ2) is 3.71. The maximum atomic E-state index is 11.7. The maximum Gasteiger partial charge on any atom is 0.307 e. The van der Waals surface area contributed by atoms with Crippen LogP contribution in [0.3, 0.4) is 0 Å². The summed E-state index contributed by atoms with van der Waals surface area (Å²) in [6.45, 7) is 0. The minimum atomic E-state index is -0.769. The molecule has 2 fully saturated rings. The summed E-state index contributed by atoms with van der Waals surface area (Å²) in [5.74, 6) is -0.744. The first-order valence-electron chi connectivity index (χ1n) is 5.45. The maximum absolute atomic E-state index is 11.7. The Morgan fingerprint density at radius 2 is 1.93 bits per heavy atom. The predicted octanol–water partition coefficient (Wildman–Crippen LogP) is 1.86. The highest BCUT2D eigenvalue weighted by Gasteiger charge is 2.43. The average molecular weight is 196 g/mol. The summed E-state index contributed by atoms with van der Waals surface area (Å²) in [7, 11) is 0. The molecular weight excluding hydrogens is 180 g/mol. The van der Waals surface area contributed by atoms with E-state index in [1.807, 2.05) is 0 Å². The van der Waals surface area contributed by atoms with Crippen molar-refractivity contribution in [2.45, 2.75) is 38.5 Å². The lowest BCUT2D eigenvalue weighted by molar-refractivity contribution is -0.151. The third kappa shape index (κ3) is 1.56. The molecule has 0 spiro atoms. The molecule has 0 saturated heterocycles. The summed E-state index contributed by atoms with van der Waals surface area (Å²) in [6.07, 6.45) is 5.35. The van der Waals surface area contributed by atoms with Gasteiger partial charge in [-0.2, -0.15) is 0 Å². The lowest BCUT2D eigenvalue weighted by Crippen LogP contribution is -2.40. The van der Waals surface area contributed by atoms with E-state index in [2.05, 4.69) is 0 Å². The molecule has 0 aromatic carbocycles. The first kappa shape index (κ1) is 9.69. The number of carbonyl (C=O) groups is 2. The van der Waals surface area contributed by atoms with Crippen molar-refractivity contribution in [3.8, 4) is 0 Å². The van der Waals surface area contributed by atoms with Crippen LogP contribution in [-0.4, -0.2) is 16.9 Å². The second-order valence-corrected chi connectivity index (χ2v) is 4.52. The Hall–Kier alpha value is -0.860. The Labute approximate surface area is 83.5 Å². The molecule has 0 aromatic rings. The predicted molar refractivity (Wildman–Crippen MR) is 50.8 cm³/mol. The van der Waals surface area contributed by atoms with Gasteiger partial charge < -0.3 is 5.11 Å². The quantitative estimate of drug-likeness (QED) is 0.696. The van der Waals surface area contributed by atoms with Crippen LogP contribution in [0.2, 0.25) is 0 Å². The van der Waals surface area contributed by atoms with Crippen molar-refractivity contribution in [1.82, 2.24) is 0 Å². The number of Topliss-reactive ketones (excluding diaryl/α,β-unsaturated/α-hetero) is 1. The highest BCUT2D eigenvalue weighted by Crippen LogP contribution is 2.42. The van der Waals surface area contributed by atoms with Gasteiger partial charge in [-0.1, -0.05) is 6.42 Å². The normalized spacial score (nSPS) is 37.7. The molecule has 0 aliphatic heterocycles. The van der Waals surface area contributed by atoms with E-state index in [1.165, 1.54) is 0 Å². The van der Waals surface area contributed by atoms with Crippen LogP contribution in [0, 0.1) is 17.8 Å². The number of hydrogen-bond donors (Lipinski definition) is 1. The second-order valence-electron chi connectivity index (χ2n) is 4.52. The molecule has 0 radical (unpaired) electrons. The van der Waals surface area contributed by atoms with Crippen LogP contribution in [0.1, 0.15) is 38.5 Å². The van der Waals surface area contributed by atoms with E-state index in [1.54, 1.807) is 0 Å². The molecule has 0 heterocycles. The van der Waals surface area contributed by atoms with Gasteiger partial charge in [0.1, 0.15) is 5.78 Å².